The number of aromatic nitrogens is 1. The van der Waals surface area contributed by atoms with E-state index in [4.69, 9.17) is 32.7 Å². The monoisotopic (exact) mass is 343 g/mol. The van der Waals surface area contributed by atoms with Gasteiger partial charge in [-0.1, -0.05) is 11.6 Å². The maximum absolute atomic E-state index is 11.5. The molecule has 0 amide bonds. The predicted octanol–water partition coefficient (Wildman–Crippen LogP) is 4.05. The zero-order valence-electron chi connectivity index (χ0n) is 10.9. The van der Waals surface area contributed by atoms with Gasteiger partial charge in [-0.3, -0.25) is 4.79 Å². The van der Waals surface area contributed by atoms with E-state index in [1.54, 1.807) is 11.4 Å². The van der Waals surface area contributed by atoms with Crippen molar-refractivity contribution in [3.8, 4) is 22.1 Å². The molecule has 1 aliphatic heterocycles. The van der Waals surface area contributed by atoms with Gasteiger partial charge < -0.3 is 9.47 Å². The van der Waals surface area contributed by atoms with Crippen molar-refractivity contribution in [1.82, 2.24) is 4.98 Å². The average Bonchev–Trinajstić information content (AvgIpc) is 2.86. The number of thiazole rings is 1. The van der Waals surface area contributed by atoms with Crippen LogP contribution in [0.15, 0.2) is 17.5 Å². The van der Waals surface area contributed by atoms with Gasteiger partial charge in [0.25, 0.3) is 0 Å². The summed E-state index contributed by atoms with van der Waals surface area (Å²) in [6.07, 6.45) is 0.811. The third-order valence-corrected chi connectivity index (χ3v) is 4.38. The second-order valence-electron chi connectivity index (χ2n) is 4.43. The van der Waals surface area contributed by atoms with E-state index in [2.05, 4.69) is 4.98 Å². The van der Waals surface area contributed by atoms with Gasteiger partial charge in [0.1, 0.15) is 10.7 Å². The van der Waals surface area contributed by atoms with E-state index >= 15 is 0 Å². The average molecular weight is 344 g/mol. The fourth-order valence-corrected chi connectivity index (χ4v) is 3.17. The van der Waals surface area contributed by atoms with Crippen LogP contribution in [0.2, 0.25) is 5.02 Å². The van der Waals surface area contributed by atoms with Crippen LogP contribution in [0.3, 0.4) is 0 Å². The molecule has 0 spiro atoms. The first kappa shape index (κ1) is 14.6. The molecule has 0 atom stereocenters. The van der Waals surface area contributed by atoms with Crippen molar-refractivity contribution in [2.45, 2.75) is 6.42 Å². The normalized spacial score (nSPS) is 13.8. The fourth-order valence-electron chi connectivity index (χ4n) is 1.96. The molecule has 0 saturated heterocycles. The topological polar surface area (TPSA) is 48.4 Å². The van der Waals surface area contributed by atoms with Gasteiger partial charge in [-0.2, -0.15) is 0 Å². The molecule has 0 N–H and O–H groups in total. The molecule has 1 aliphatic rings. The summed E-state index contributed by atoms with van der Waals surface area (Å²) in [5, 5.41) is 2.86. The van der Waals surface area contributed by atoms with Crippen LogP contribution in [0.4, 0.5) is 0 Å². The van der Waals surface area contributed by atoms with E-state index in [-0.39, 0.29) is 11.7 Å². The lowest BCUT2D eigenvalue weighted by atomic mass is 10.2. The first-order chi connectivity index (χ1) is 10.2. The largest absolute Gasteiger partial charge is 0.489 e. The Hall–Kier alpha value is -1.30. The zero-order valence-corrected chi connectivity index (χ0v) is 13.2. The fraction of sp³-hybridized carbons (Fsp3) is 0.286. The number of ketones is 1. The molecule has 2 aromatic rings. The van der Waals surface area contributed by atoms with Crippen molar-refractivity contribution < 1.29 is 14.3 Å². The maximum Gasteiger partial charge on any atom is 0.196 e. The lowest BCUT2D eigenvalue weighted by molar-refractivity contribution is 0.101. The van der Waals surface area contributed by atoms with Crippen molar-refractivity contribution in [3.63, 3.8) is 0 Å². The zero-order chi connectivity index (χ0) is 14.8. The number of carbonyl (C=O) groups is 1. The van der Waals surface area contributed by atoms with Gasteiger partial charge in [0.15, 0.2) is 17.3 Å². The number of alkyl halides is 1. The Morgan fingerprint density at radius 1 is 1.33 bits per heavy atom. The van der Waals surface area contributed by atoms with E-state index in [9.17, 15) is 4.79 Å². The lowest BCUT2D eigenvalue weighted by Crippen LogP contribution is -2.00. The van der Waals surface area contributed by atoms with Gasteiger partial charge in [-0.25, -0.2) is 4.98 Å². The highest BCUT2D eigenvalue weighted by molar-refractivity contribution is 7.13. The standard InChI is InChI=1S/C14H11Cl2NO3S/c15-6-11(18)10-7-21-14(17-10)8-4-9(16)13-12(5-8)19-2-1-3-20-13/h4-5,7H,1-3,6H2. The Kier molecular flexibility index (Phi) is 4.33. The Balaban J connectivity index is 1.99. The van der Waals surface area contributed by atoms with E-state index in [0.717, 1.165) is 12.0 Å². The highest BCUT2D eigenvalue weighted by atomic mass is 35.5. The molecule has 4 nitrogen and oxygen atoms in total. The Labute approximate surface area is 135 Å². The van der Waals surface area contributed by atoms with E-state index in [1.165, 1.54) is 11.3 Å². The molecule has 0 fully saturated rings. The molecular weight excluding hydrogens is 333 g/mol. The molecular formula is C14H11Cl2NO3S. The van der Waals surface area contributed by atoms with Gasteiger partial charge in [0.05, 0.1) is 24.1 Å². The van der Waals surface area contributed by atoms with Crippen molar-refractivity contribution in [2.75, 3.05) is 19.1 Å². The first-order valence-electron chi connectivity index (χ1n) is 6.33. The van der Waals surface area contributed by atoms with Gasteiger partial charge in [-0.15, -0.1) is 22.9 Å². The Morgan fingerprint density at radius 2 is 2.14 bits per heavy atom. The number of carbonyl (C=O) groups excluding carboxylic acids is 1. The molecule has 0 aliphatic carbocycles. The smallest absolute Gasteiger partial charge is 0.196 e. The van der Waals surface area contributed by atoms with Crippen LogP contribution in [0.1, 0.15) is 16.9 Å². The third kappa shape index (κ3) is 3.00. The van der Waals surface area contributed by atoms with Crippen molar-refractivity contribution in [3.05, 3.63) is 28.2 Å². The van der Waals surface area contributed by atoms with Gasteiger partial charge in [-0.05, 0) is 12.1 Å². The summed E-state index contributed by atoms with van der Waals surface area (Å²) in [7, 11) is 0. The number of hydrogen-bond donors (Lipinski definition) is 0. The quantitative estimate of drug-likeness (QED) is 0.623. The van der Waals surface area contributed by atoms with Crippen LogP contribution in [-0.2, 0) is 0 Å². The SMILES string of the molecule is O=C(CCl)c1csc(-c2cc(Cl)c3c(c2)OCCCO3)n1. The minimum Gasteiger partial charge on any atom is -0.489 e. The summed E-state index contributed by atoms with van der Waals surface area (Å²) < 4.78 is 11.2. The van der Waals surface area contributed by atoms with Crippen LogP contribution >= 0.6 is 34.5 Å². The molecule has 1 aromatic carbocycles. The molecule has 21 heavy (non-hydrogen) atoms. The number of hydrogen-bond acceptors (Lipinski definition) is 5. The Morgan fingerprint density at radius 3 is 2.95 bits per heavy atom. The third-order valence-electron chi connectivity index (χ3n) is 2.96. The van der Waals surface area contributed by atoms with Crippen molar-refractivity contribution in [2.24, 2.45) is 0 Å². The van der Waals surface area contributed by atoms with Crippen LogP contribution in [0, 0.1) is 0 Å². The molecule has 7 heteroatoms. The highest BCUT2D eigenvalue weighted by Gasteiger charge is 2.18. The molecule has 3 rings (SSSR count). The second-order valence-corrected chi connectivity index (χ2v) is 5.96. The van der Waals surface area contributed by atoms with E-state index < -0.39 is 0 Å². The van der Waals surface area contributed by atoms with Crippen LogP contribution < -0.4 is 9.47 Å². The summed E-state index contributed by atoms with van der Waals surface area (Å²) >= 11 is 13.2. The van der Waals surface area contributed by atoms with E-state index in [1.807, 2.05) is 6.07 Å². The molecule has 0 saturated carbocycles. The van der Waals surface area contributed by atoms with Crippen molar-refractivity contribution in [1.29, 1.82) is 0 Å². The molecule has 0 unspecified atom stereocenters. The highest BCUT2D eigenvalue weighted by Crippen LogP contribution is 2.41. The molecule has 2 heterocycles. The molecule has 0 bridgehead atoms. The minimum atomic E-state index is -0.195. The number of rotatable bonds is 3. The van der Waals surface area contributed by atoms with E-state index in [0.29, 0.717) is 40.4 Å². The number of fused-ring (bicyclic) bond motifs is 1. The van der Waals surface area contributed by atoms with Gasteiger partial charge >= 0.3 is 0 Å². The summed E-state index contributed by atoms with van der Waals surface area (Å²) in [5.41, 5.74) is 1.16. The van der Waals surface area contributed by atoms with Gasteiger partial charge in [0, 0.05) is 17.4 Å². The molecule has 1 aromatic heterocycles. The summed E-state index contributed by atoms with van der Waals surface area (Å²) in [5.74, 6) is 0.895. The molecule has 110 valence electrons. The van der Waals surface area contributed by atoms with Gasteiger partial charge in [0.2, 0.25) is 0 Å². The van der Waals surface area contributed by atoms with Crippen molar-refractivity contribution >= 4 is 40.3 Å². The second kappa shape index (κ2) is 6.22. The predicted molar refractivity (Wildman–Crippen MR) is 83.2 cm³/mol. The number of Topliss-reactive ketones (excluding diaryl/α,β-unsaturated/α-hetero) is 1. The Bertz CT molecular complexity index is 687. The molecule has 0 radical (unpaired) electrons. The summed E-state index contributed by atoms with van der Waals surface area (Å²) in [4.78, 5) is 15.8. The van der Waals surface area contributed by atoms with Crippen LogP contribution in [-0.4, -0.2) is 29.9 Å². The summed E-state index contributed by atoms with van der Waals surface area (Å²) in [6, 6.07) is 3.60. The maximum atomic E-state index is 11.5. The summed E-state index contributed by atoms with van der Waals surface area (Å²) in [6.45, 7) is 1.17. The first-order valence-corrected chi connectivity index (χ1v) is 8.12. The van der Waals surface area contributed by atoms with Crippen LogP contribution in [0.25, 0.3) is 10.6 Å². The number of nitrogens with zero attached hydrogens (tertiary/aromatic N) is 1. The lowest BCUT2D eigenvalue weighted by Gasteiger charge is -2.10. The minimum absolute atomic E-state index is 0.0783. The number of halogens is 2. The number of benzene rings is 1. The van der Waals surface area contributed by atoms with Crippen LogP contribution in [0.5, 0.6) is 11.5 Å². The number of ether oxygens (including phenoxy) is 2.